The summed E-state index contributed by atoms with van der Waals surface area (Å²) in [5.41, 5.74) is 0.796. The van der Waals surface area contributed by atoms with Crippen LogP contribution in [0.15, 0.2) is 55.6 Å². The van der Waals surface area contributed by atoms with Gasteiger partial charge in [0.25, 0.3) is 0 Å². The van der Waals surface area contributed by atoms with E-state index in [4.69, 9.17) is 4.74 Å². The van der Waals surface area contributed by atoms with E-state index in [-0.39, 0.29) is 17.6 Å². The first kappa shape index (κ1) is 14.1. The van der Waals surface area contributed by atoms with Crippen LogP contribution in [0.2, 0.25) is 0 Å². The van der Waals surface area contributed by atoms with Gasteiger partial charge < -0.3 is 4.74 Å². The van der Waals surface area contributed by atoms with Crippen molar-refractivity contribution in [3.63, 3.8) is 0 Å². The van der Waals surface area contributed by atoms with Crippen LogP contribution in [0.3, 0.4) is 0 Å². The predicted molar refractivity (Wildman–Crippen MR) is 70.9 cm³/mol. The van der Waals surface area contributed by atoms with Gasteiger partial charge in [0.1, 0.15) is 6.10 Å². The third-order valence-electron chi connectivity index (χ3n) is 2.49. The molecule has 1 aromatic carbocycles. The number of rotatable bonds is 8. The summed E-state index contributed by atoms with van der Waals surface area (Å²) in [7, 11) is 0. The van der Waals surface area contributed by atoms with Gasteiger partial charge in [0.05, 0.1) is 6.10 Å². The lowest BCUT2D eigenvalue weighted by Crippen LogP contribution is -2.21. The highest BCUT2D eigenvalue weighted by atomic mass is 16.6. The lowest BCUT2D eigenvalue weighted by Gasteiger charge is -2.19. The van der Waals surface area contributed by atoms with E-state index in [1.54, 1.807) is 12.2 Å². The molecule has 0 saturated carbocycles. The average molecular weight is 247 g/mol. The van der Waals surface area contributed by atoms with Gasteiger partial charge in [-0.2, -0.15) is 0 Å². The van der Waals surface area contributed by atoms with Crippen LogP contribution in [-0.4, -0.2) is 17.6 Å². The number of hydrogen-bond donors (Lipinski definition) is 0. The molecule has 1 rings (SSSR count). The van der Waals surface area contributed by atoms with Gasteiger partial charge in [-0.15, -0.1) is 13.2 Å². The van der Waals surface area contributed by atoms with Crippen LogP contribution in [0.1, 0.15) is 18.1 Å². The molecule has 4 heteroatoms. The molecule has 0 N–H and O–H groups in total. The smallest absolute Gasteiger partial charge is 0.233 e. The van der Waals surface area contributed by atoms with E-state index in [9.17, 15) is 10.1 Å². The molecule has 0 bridgehead atoms. The molecular formula is C14H17NO3. The van der Waals surface area contributed by atoms with Crippen molar-refractivity contribution in [2.24, 2.45) is 0 Å². The van der Waals surface area contributed by atoms with E-state index in [1.165, 1.54) is 0 Å². The highest BCUT2D eigenvalue weighted by Crippen LogP contribution is 2.21. The molecule has 0 aliphatic carbocycles. The molecule has 18 heavy (non-hydrogen) atoms. The molecule has 0 heterocycles. The van der Waals surface area contributed by atoms with Crippen molar-refractivity contribution in [2.75, 3.05) is 6.54 Å². The summed E-state index contributed by atoms with van der Waals surface area (Å²) < 4.78 is 5.71. The quantitative estimate of drug-likeness (QED) is 0.403. The molecule has 0 fully saturated rings. The topological polar surface area (TPSA) is 52.4 Å². The maximum atomic E-state index is 10.7. The zero-order valence-electron chi connectivity index (χ0n) is 10.2. The Morgan fingerprint density at radius 2 is 2.00 bits per heavy atom. The Hall–Kier alpha value is -1.94. The maximum absolute atomic E-state index is 10.7. The Bertz CT molecular complexity index is 403. The minimum absolute atomic E-state index is 0.257. The van der Waals surface area contributed by atoms with Gasteiger partial charge >= 0.3 is 0 Å². The Morgan fingerprint density at radius 3 is 2.50 bits per heavy atom. The Morgan fingerprint density at radius 1 is 1.33 bits per heavy atom. The first-order valence-electron chi connectivity index (χ1n) is 5.73. The van der Waals surface area contributed by atoms with E-state index in [0.29, 0.717) is 6.42 Å². The van der Waals surface area contributed by atoms with Gasteiger partial charge in [0.2, 0.25) is 6.54 Å². The summed E-state index contributed by atoms with van der Waals surface area (Å²) in [6, 6.07) is 9.18. The lowest BCUT2D eigenvalue weighted by atomic mass is 10.1. The second-order valence-electron chi connectivity index (χ2n) is 3.85. The molecule has 4 nitrogen and oxygen atoms in total. The summed E-state index contributed by atoms with van der Waals surface area (Å²) in [6.07, 6.45) is 3.11. The van der Waals surface area contributed by atoms with Gasteiger partial charge in [0.15, 0.2) is 0 Å². The van der Waals surface area contributed by atoms with Crippen molar-refractivity contribution < 1.29 is 9.66 Å². The number of nitro groups is 1. The van der Waals surface area contributed by atoms with Gasteiger partial charge in [-0.3, -0.25) is 10.1 Å². The predicted octanol–water partition coefficient (Wildman–Crippen LogP) is 3.15. The lowest BCUT2D eigenvalue weighted by molar-refractivity contribution is -0.493. The molecule has 0 amide bonds. The molecule has 0 aliphatic heterocycles. The zero-order chi connectivity index (χ0) is 13.4. The van der Waals surface area contributed by atoms with E-state index >= 15 is 0 Å². The molecule has 2 atom stereocenters. The largest absolute Gasteiger partial charge is 0.359 e. The molecule has 0 spiro atoms. The second kappa shape index (κ2) is 7.40. The standard InChI is InChI=1S/C14H17NO3/c1-3-8-13(4-2)18-14(11-15(16)17)12-9-6-5-7-10-12/h3-7,9-10,13-14H,1-2,8,11H2. The molecule has 0 saturated heterocycles. The number of ether oxygens (including phenoxy) is 1. The van der Waals surface area contributed by atoms with Crippen LogP contribution in [0.5, 0.6) is 0 Å². The van der Waals surface area contributed by atoms with E-state index in [0.717, 1.165) is 5.56 Å². The molecular weight excluding hydrogens is 230 g/mol. The molecule has 1 aromatic rings. The highest BCUT2D eigenvalue weighted by molar-refractivity contribution is 5.17. The minimum Gasteiger partial charge on any atom is -0.359 e. The van der Waals surface area contributed by atoms with Gasteiger partial charge in [0, 0.05) is 4.92 Å². The van der Waals surface area contributed by atoms with Crippen molar-refractivity contribution in [2.45, 2.75) is 18.6 Å². The summed E-state index contributed by atoms with van der Waals surface area (Å²) in [6.45, 7) is 7.03. The fraction of sp³-hybridized carbons (Fsp3) is 0.286. The fourth-order valence-electron chi connectivity index (χ4n) is 1.61. The molecule has 2 unspecified atom stereocenters. The average Bonchev–Trinajstić information content (AvgIpc) is 2.37. The third-order valence-corrected chi connectivity index (χ3v) is 2.49. The molecule has 0 radical (unpaired) electrons. The van der Waals surface area contributed by atoms with Gasteiger partial charge in [-0.05, 0) is 12.0 Å². The van der Waals surface area contributed by atoms with Crippen LogP contribution in [0, 0.1) is 10.1 Å². The van der Waals surface area contributed by atoms with Crippen LogP contribution in [0.4, 0.5) is 0 Å². The fourth-order valence-corrected chi connectivity index (χ4v) is 1.61. The van der Waals surface area contributed by atoms with E-state index in [1.807, 2.05) is 30.3 Å². The number of hydrogen-bond acceptors (Lipinski definition) is 3. The van der Waals surface area contributed by atoms with Gasteiger partial charge in [-0.1, -0.05) is 42.5 Å². The second-order valence-corrected chi connectivity index (χ2v) is 3.85. The summed E-state index contributed by atoms with van der Waals surface area (Å²) >= 11 is 0. The van der Waals surface area contributed by atoms with Crippen molar-refractivity contribution in [3.8, 4) is 0 Å². The number of nitrogens with zero attached hydrogens (tertiary/aromatic N) is 1. The first-order chi connectivity index (χ1) is 8.67. The monoisotopic (exact) mass is 247 g/mol. The van der Waals surface area contributed by atoms with Crippen LogP contribution in [-0.2, 0) is 4.74 Å². The Kier molecular flexibility index (Phi) is 5.80. The van der Waals surface area contributed by atoms with Crippen molar-refractivity contribution in [1.82, 2.24) is 0 Å². The third kappa shape index (κ3) is 4.51. The summed E-state index contributed by atoms with van der Waals surface area (Å²) in [5.74, 6) is 0. The van der Waals surface area contributed by atoms with E-state index < -0.39 is 6.10 Å². The van der Waals surface area contributed by atoms with Crippen LogP contribution >= 0.6 is 0 Å². The molecule has 96 valence electrons. The zero-order valence-corrected chi connectivity index (χ0v) is 10.2. The highest BCUT2D eigenvalue weighted by Gasteiger charge is 2.21. The SMILES string of the molecule is C=CCC(C=C)OC(C[N+](=O)[O-])c1ccccc1. The van der Waals surface area contributed by atoms with Crippen molar-refractivity contribution >= 4 is 0 Å². The minimum atomic E-state index is -0.566. The van der Waals surface area contributed by atoms with Crippen molar-refractivity contribution in [1.29, 1.82) is 0 Å². The maximum Gasteiger partial charge on any atom is 0.233 e. The van der Waals surface area contributed by atoms with Crippen molar-refractivity contribution in [3.05, 3.63) is 71.3 Å². The first-order valence-corrected chi connectivity index (χ1v) is 5.73. The van der Waals surface area contributed by atoms with Gasteiger partial charge in [-0.25, -0.2) is 0 Å². The van der Waals surface area contributed by atoms with E-state index in [2.05, 4.69) is 13.2 Å². The normalized spacial score (nSPS) is 13.6. The van der Waals surface area contributed by atoms with Crippen LogP contribution < -0.4 is 0 Å². The molecule has 0 aromatic heterocycles. The summed E-state index contributed by atoms with van der Waals surface area (Å²) in [5, 5.41) is 10.7. The Labute approximate surface area is 107 Å². The summed E-state index contributed by atoms with van der Waals surface area (Å²) in [4.78, 5) is 10.3. The van der Waals surface area contributed by atoms with Crippen LogP contribution in [0.25, 0.3) is 0 Å². The molecule has 0 aliphatic rings. The number of benzene rings is 1. The Balaban J connectivity index is 2.81.